The lowest BCUT2D eigenvalue weighted by molar-refractivity contribution is 0.0940. The highest BCUT2D eigenvalue weighted by Gasteiger charge is 2.11. The van der Waals surface area contributed by atoms with Crippen molar-refractivity contribution in [2.75, 3.05) is 0 Å². The largest absolute Gasteiger partial charge is 0.425 e. The van der Waals surface area contributed by atoms with Gasteiger partial charge in [-0.15, -0.1) is 4.73 Å². The van der Waals surface area contributed by atoms with Crippen molar-refractivity contribution < 1.29 is 10.0 Å². The van der Waals surface area contributed by atoms with Crippen LogP contribution in [0.1, 0.15) is 10.5 Å². The van der Waals surface area contributed by atoms with E-state index in [1.54, 1.807) is 24.3 Å². The third-order valence-corrected chi connectivity index (χ3v) is 2.16. The van der Waals surface area contributed by atoms with Gasteiger partial charge in [0.1, 0.15) is 5.69 Å². The van der Waals surface area contributed by atoms with Crippen molar-refractivity contribution in [2.24, 2.45) is 5.73 Å². The number of hydrogen-bond donors (Lipinski definition) is 2. The molecule has 0 aliphatic heterocycles. The van der Waals surface area contributed by atoms with Gasteiger partial charge >= 0.3 is 0 Å². The number of benzene rings is 1. The number of amides is 1. The van der Waals surface area contributed by atoms with E-state index in [-0.39, 0.29) is 10.4 Å². The average molecular weight is 204 g/mol. The molecule has 5 nitrogen and oxygen atoms in total. The van der Waals surface area contributed by atoms with E-state index in [1.807, 2.05) is 0 Å². The summed E-state index contributed by atoms with van der Waals surface area (Å²) in [4.78, 5) is 22.5. The number of carbonyl (C=O) groups is 1. The number of primary amides is 1. The predicted octanol–water partition coefficient (Wildman–Crippen LogP) is 0.338. The summed E-state index contributed by atoms with van der Waals surface area (Å²) in [5.41, 5.74) is 4.14. The molecule has 2 aromatic rings. The first-order valence-corrected chi connectivity index (χ1v) is 4.25. The van der Waals surface area contributed by atoms with Gasteiger partial charge in [0.25, 0.3) is 11.5 Å². The third-order valence-electron chi connectivity index (χ3n) is 2.16. The summed E-state index contributed by atoms with van der Waals surface area (Å²) >= 11 is 0. The monoisotopic (exact) mass is 204 g/mol. The molecule has 2 rings (SSSR count). The fourth-order valence-corrected chi connectivity index (χ4v) is 1.43. The van der Waals surface area contributed by atoms with Gasteiger partial charge in [-0.2, -0.15) is 0 Å². The quantitative estimate of drug-likeness (QED) is 0.656. The highest BCUT2D eigenvalue weighted by molar-refractivity contribution is 5.95. The lowest BCUT2D eigenvalue weighted by atomic mass is 10.1. The maximum absolute atomic E-state index is 11.6. The molecule has 5 heteroatoms. The van der Waals surface area contributed by atoms with Crippen LogP contribution in [0.4, 0.5) is 0 Å². The Balaban J connectivity index is 2.95. The summed E-state index contributed by atoms with van der Waals surface area (Å²) in [6, 6.07) is 8.01. The summed E-state index contributed by atoms with van der Waals surface area (Å²) in [6.45, 7) is 0. The molecule has 0 unspecified atom stereocenters. The van der Waals surface area contributed by atoms with E-state index in [2.05, 4.69) is 0 Å². The van der Waals surface area contributed by atoms with E-state index in [0.29, 0.717) is 10.8 Å². The molecule has 1 heterocycles. The molecule has 0 spiro atoms. The van der Waals surface area contributed by atoms with Crippen LogP contribution in [-0.4, -0.2) is 15.8 Å². The van der Waals surface area contributed by atoms with Crippen molar-refractivity contribution in [3.8, 4) is 0 Å². The fraction of sp³-hybridized carbons (Fsp3) is 0. The van der Waals surface area contributed by atoms with Gasteiger partial charge in [-0.3, -0.25) is 9.59 Å². The molecule has 0 saturated heterocycles. The SMILES string of the molecule is NC(=O)c1cc2ccccc2c(=O)n1O. The Kier molecular flexibility index (Phi) is 1.93. The highest BCUT2D eigenvalue weighted by atomic mass is 16.5. The Hall–Kier alpha value is -2.30. The van der Waals surface area contributed by atoms with E-state index in [0.717, 1.165) is 0 Å². The molecule has 0 radical (unpaired) electrons. The zero-order chi connectivity index (χ0) is 11.0. The molecule has 15 heavy (non-hydrogen) atoms. The molecular weight excluding hydrogens is 196 g/mol. The van der Waals surface area contributed by atoms with Crippen LogP contribution in [0.15, 0.2) is 35.1 Å². The Morgan fingerprint density at radius 1 is 1.33 bits per heavy atom. The van der Waals surface area contributed by atoms with Gasteiger partial charge in [0.15, 0.2) is 0 Å². The van der Waals surface area contributed by atoms with Gasteiger partial charge in [-0.1, -0.05) is 18.2 Å². The zero-order valence-corrected chi connectivity index (χ0v) is 7.68. The first kappa shape index (κ1) is 9.26. The summed E-state index contributed by atoms with van der Waals surface area (Å²) in [7, 11) is 0. The van der Waals surface area contributed by atoms with Crippen molar-refractivity contribution in [3.63, 3.8) is 0 Å². The van der Waals surface area contributed by atoms with Gasteiger partial charge in [0, 0.05) is 0 Å². The molecule has 1 aromatic carbocycles. The Labute approximate surface area is 84.3 Å². The topological polar surface area (TPSA) is 85.3 Å². The van der Waals surface area contributed by atoms with E-state index in [4.69, 9.17) is 5.73 Å². The van der Waals surface area contributed by atoms with Crippen molar-refractivity contribution in [1.82, 2.24) is 4.73 Å². The average Bonchev–Trinajstić information content (AvgIpc) is 2.23. The number of aromatic nitrogens is 1. The second-order valence-electron chi connectivity index (χ2n) is 3.10. The van der Waals surface area contributed by atoms with Crippen LogP contribution >= 0.6 is 0 Å². The number of nitrogens with zero attached hydrogens (tertiary/aromatic N) is 1. The normalized spacial score (nSPS) is 10.4. The lowest BCUT2D eigenvalue weighted by Crippen LogP contribution is -2.27. The van der Waals surface area contributed by atoms with Gasteiger partial charge in [-0.25, -0.2) is 0 Å². The molecule has 1 aromatic heterocycles. The highest BCUT2D eigenvalue weighted by Crippen LogP contribution is 2.10. The molecule has 76 valence electrons. The molecule has 0 aliphatic rings. The fourth-order valence-electron chi connectivity index (χ4n) is 1.43. The maximum atomic E-state index is 11.6. The standard InChI is InChI=1S/C10H8N2O3/c11-9(13)8-5-6-3-1-2-4-7(6)10(14)12(8)15/h1-5,15H,(H2,11,13). The van der Waals surface area contributed by atoms with Gasteiger partial charge in [0.05, 0.1) is 5.39 Å². The van der Waals surface area contributed by atoms with E-state index < -0.39 is 11.5 Å². The maximum Gasteiger partial charge on any atom is 0.291 e. The Morgan fingerprint density at radius 3 is 2.67 bits per heavy atom. The zero-order valence-electron chi connectivity index (χ0n) is 7.68. The molecule has 0 atom stereocenters. The van der Waals surface area contributed by atoms with Crippen LogP contribution < -0.4 is 11.3 Å². The Bertz CT molecular complexity index is 601. The molecular formula is C10H8N2O3. The van der Waals surface area contributed by atoms with Gasteiger partial charge < -0.3 is 10.9 Å². The third kappa shape index (κ3) is 1.34. The second-order valence-corrected chi connectivity index (χ2v) is 3.10. The van der Waals surface area contributed by atoms with Crippen LogP contribution in [0, 0.1) is 0 Å². The molecule has 1 amide bonds. The van der Waals surface area contributed by atoms with Crippen LogP contribution in [0.25, 0.3) is 10.8 Å². The Morgan fingerprint density at radius 2 is 2.00 bits per heavy atom. The first-order valence-electron chi connectivity index (χ1n) is 4.25. The van der Waals surface area contributed by atoms with Crippen LogP contribution in [0.5, 0.6) is 0 Å². The number of pyridine rings is 1. The van der Waals surface area contributed by atoms with Crippen molar-refractivity contribution >= 4 is 16.7 Å². The van der Waals surface area contributed by atoms with Gasteiger partial charge in [0.2, 0.25) is 0 Å². The number of nitrogens with two attached hydrogens (primary N) is 1. The van der Waals surface area contributed by atoms with E-state index >= 15 is 0 Å². The van der Waals surface area contributed by atoms with Gasteiger partial charge in [-0.05, 0) is 17.5 Å². The summed E-state index contributed by atoms with van der Waals surface area (Å²) in [5, 5.41) is 10.3. The summed E-state index contributed by atoms with van der Waals surface area (Å²) < 4.78 is 0.269. The minimum Gasteiger partial charge on any atom is -0.425 e. The number of hydrogen-bond acceptors (Lipinski definition) is 3. The summed E-state index contributed by atoms with van der Waals surface area (Å²) in [6.07, 6.45) is 0. The van der Waals surface area contributed by atoms with E-state index in [1.165, 1.54) is 6.07 Å². The molecule has 0 bridgehead atoms. The van der Waals surface area contributed by atoms with E-state index in [9.17, 15) is 14.8 Å². The number of carbonyl (C=O) groups excluding carboxylic acids is 1. The van der Waals surface area contributed by atoms with Crippen molar-refractivity contribution in [1.29, 1.82) is 0 Å². The van der Waals surface area contributed by atoms with Crippen molar-refractivity contribution in [3.05, 3.63) is 46.4 Å². The minimum absolute atomic E-state index is 0.223. The summed E-state index contributed by atoms with van der Waals surface area (Å²) in [5.74, 6) is -0.847. The minimum atomic E-state index is -0.847. The van der Waals surface area contributed by atoms with Crippen LogP contribution in [0.2, 0.25) is 0 Å². The van der Waals surface area contributed by atoms with Crippen molar-refractivity contribution in [2.45, 2.75) is 0 Å². The first-order chi connectivity index (χ1) is 7.11. The van der Waals surface area contributed by atoms with Crippen LogP contribution in [-0.2, 0) is 0 Å². The number of fused-ring (bicyclic) bond motifs is 1. The molecule has 3 N–H and O–H groups in total. The number of rotatable bonds is 1. The predicted molar refractivity (Wildman–Crippen MR) is 53.9 cm³/mol. The molecule has 0 aliphatic carbocycles. The molecule has 0 fully saturated rings. The second kappa shape index (κ2) is 3.13. The smallest absolute Gasteiger partial charge is 0.291 e. The molecule has 0 saturated carbocycles. The van der Waals surface area contributed by atoms with Crippen LogP contribution in [0.3, 0.4) is 0 Å². The lowest BCUT2D eigenvalue weighted by Gasteiger charge is -2.04.